The van der Waals surface area contributed by atoms with E-state index >= 15 is 0 Å². The Morgan fingerprint density at radius 3 is 2.84 bits per heavy atom. The smallest absolute Gasteiger partial charge is 0.270 e. The molecule has 0 atom stereocenters. The monoisotopic (exact) mass is 280 g/mol. The van der Waals surface area contributed by atoms with Crippen LogP contribution in [0, 0.1) is 0 Å². The summed E-state index contributed by atoms with van der Waals surface area (Å²) in [6.07, 6.45) is 5.33. The molecule has 0 radical (unpaired) electrons. The molecule has 1 N–H and O–H groups in total. The van der Waals surface area contributed by atoms with E-state index in [4.69, 9.17) is 11.6 Å². The molecule has 2 heterocycles. The maximum Gasteiger partial charge on any atom is 0.270 e. The Morgan fingerprint density at radius 2 is 2.32 bits per heavy atom. The predicted molar refractivity (Wildman–Crippen MR) is 74.2 cm³/mol. The van der Waals surface area contributed by atoms with Gasteiger partial charge in [0.15, 0.2) is 0 Å². The number of nitrogens with zero attached hydrogens (tertiary/aromatic N) is 3. The summed E-state index contributed by atoms with van der Waals surface area (Å²) in [6, 6.07) is 1.94. The van der Waals surface area contributed by atoms with Crippen molar-refractivity contribution in [1.82, 2.24) is 19.7 Å². The number of carbonyl (C=O) groups is 1. The van der Waals surface area contributed by atoms with Crippen molar-refractivity contribution in [2.24, 2.45) is 0 Å². The Bertz CT molecular complexity index is 573. The van der Waals surface area contributed by atoms with E-state index in [1.807, 2.05) is 10.9 Å². The molecule has 0 bridgehead atoms. The quantitative estimate of drug-likeness (QED) is 0.936. The lowest BCUT2D eigenvalue weighted by atomic mass is 10.3. The zero-order chi connectivity index (χ0) is 14.0. The van der Waals surface area contributed by atoms with Crippen molar-refractivity contribution in [1.29, 1.82) is 0 Å². The maximum atomic E-state index is 12.1. The molecule has 19 heavy (non-hydrogen) atoms. The van der Waals surface area contributed by atoms with Gasteiger partial charge in [-0.15, -0.1) is 0 Å². The highest BCUT2D eigenvalue weighted by molar-refractivity contribution is 6.30. The summed E-state index contributed by atoms with van der Waals surface area (Å²) in [5.74, 6) is -0.0933. The van der Waals surface area contributed by atoms with Gasteiger partial charge >= 0.3 is 0 Å². The molecule has 0 unspecified atom stereocenters. The molecule has 5 nitrogen and oxygen atoms in total. The number of rotatable bonds is 4. The lowest BCUT2D eigenvalue weighted by Gasteiger charge is -2.15. The number of H-pyrrole nitrogens is 1. The summed E-state index contributed by atoms with van der Waals surface area (Å²) in [5.41, 5.74) is 1.49. The van der Waals surface area contributed by atoms with Gasteiger partial charge in [-0.05, 0) is 19.9 Å². The molecular weight excluding hydrogens is 264 g/mol. The minimum atomic E-state index is -0.0933. The number of carbonyl (C=O) groups excluding carboxylic acids is 1. The fourth-order valence-electron chi connectivity index (χ4n) is 1.78. The van der Waals surface area contributed by atoms with E-state index in [1.54, 1.807) is 30.4 Å². The van der Waals surface area contributed by atoms with Crippen LogP contribution in [-0.4, -0.2) is 32.6 Å². The fourth-order valence-corrected chi connectivity index (χ4v) is 1.95. The molecule has 0 fully saturated rings. The first kappa shape index (κ1) is 13.7. The lowest BCUT2D eigenvalue weighted by molar-refractivity contribution is 0.0780. The zero-order valence-corrected chi connectivity index (χ0v) is 12.0. The third-order valence-electron chi connectivity index (χ3n) is 2.83. The van der Waals surface area contributed by atoms with Crippen LogP contribution in [0.25, 0.3) is 0 Å². The van der Waals surface area contributed by atoms with Crippen molar-refractivity contribution in [2.45, 2.75) is 26.4 Å². The van der Waals surface area contributed by atoms with Crippen LogP contribution in [0.1, 0.15) is 35.9 Å². The van der Waals surface area contributed by atoms with Crippen molar-refractivity contribution in [3.8, 4) is 0 Å². The van der Waals surface area contributed by atoms with E-state index in [0.717, 1.165) is 5.56 Å². The average Bonchev–Trinajstić information content (AvgIpc) is 2.97. The first-order valence-corrected chi connectivity index (χ1v) is 6.47. The van der Waals surface area contributed by atoms with E-state index in [9.17, 15) is 4.79 Å². The Balaban J connectivity index is 2.03. The first-order chi connectivity index (χ1) is 8.97. The molecule has 2 aromatic heterocycles. The number of nitrogens with one attached hydrogen (secondary N) is 1. The minimum Gasteiger partial charge on any atom is -0.356 e. The molecule has 2 rings (SSSR count). The third kappa shape index (κ3) is 3.17. The van der Waals surface area contributed by atoms with Gasteiger partial charge < -0.3 is 9.88 Å². The van der Waals surface area contributed by atoms with E-state index in [2.05, 4.69) is 23.9 Å². The minimum absolute atomic E-state index is 0.0933. The number of aromatic nitrogens is 3. The highest BCUT2D eigenvalue weighted by atomic mass is 35.5. The van der Waals surface area contributed by atoms with Gasteiger partial charge in [-0.25, -0.2) is 0 Å². The van der Waals surface area contributed by atoms with E-state index in [0.29, 0.717) is 23.3 Å². The van der Waals surface area contributed by atoms with Gasteiger partial charge in [0.05, 0.1) is 11.2 Å². The molecule has 2 aromatic rings. The summed E-state index contributed by atoms with van der Waals surface area (Å²) in [6.45, 7) is 4.64. The molecule has 6 heteroatoms. The van der Waals surface area contributed by atoms with Crippen LogP contribution in [0.3, 0.4) is 0 Å². The SMILES string of the molecule is CC(C)n1cc(CN(C)C(=O)c2cc(Cl)c[nH]2)cn1. The maximum absolute atomic E-state index is 12.1. The van der Waals surface area contributed by atoms with Crippen LogP contribution in [0.5, 0.6) is 0 Å². The summed E-state index contributed by atoms with van der Waals surface area (Å²) in [7, 11) is 1.75. The molecule has 1 amide bonds. The summed E-state index contributed by atoms with van der Waals surface area (Å²) in [4.78, 5) is 16.6. The van der Waals surface area contributed by atoms with Gasteiger partial charge in [0, 0.05) is 37.6 Å². The molecule has 102 valence electrons. The van der Waals surface area contributed by atoms with Gasteiger partial charge in [0.25, 0.3) is 5.91 Å². The van der Waals surface area contributed by atoms with Crippen molar-refractivity contribution in [3.05, 3.63) is 40.9 Å². The van der Waals surface area contributed by atoms with E-state index in [1.165, 1.54) is 0 Å². The van der Waals surface area contributed by atoms with Gasteiger partial charge in [0.2, 0.25) is 0 Å². The number of amides is 1. The summed E-state index contributed by atoms with van der Waals surface area (Å²) < 4.78 is 1.87. The van der Waals surface area contributed by atoms with Crippen molar-refractivity contribution >= 4 is 17.5 Å². The summed E-state index contributed by atoms with van der Waals surface area (Å²) in [5, 5.41) is 4.79. The van der Waals surface area contributed by atoms with Crippen LogP contribution in [0.2, 0.25) is 5.02 Å². The second kappa shape index (κ2) is 5.48. The van der Waals surface area contributed by atoms with Gasteiger partial charge in [-0.3, -0.25) is 9.48 Å². The fraction of sp³-hybridized carbons (Fsp3) is 0.385. The van der Waals surface area contributed by atoms with Gasteiger partial charge in [0.1, 0.15) is 5.69 Å². The number of halogens is 1. The predicted octanol–water partition coefficient (Wildman–Crippen LogP) is 2.72. The molecule has 0 saturated heterocycles. The van der Waals surface area contributed by atoms with Crippen LogP contribution < -0.4 is 0 Å². The number of hydrogen-bond acceptors (Lipinski definition) is 2. The van der Waals surface area contributed by atoms with Crippen LogP contribution >= 0.6 is 11.6 Å². The second-order valence-corrected chi connectivity index (χ2v) is 5.25. The van der Waals surface area contributed by atoms with E-state index in [-0.39, 0.29) is 5.91 Å². The first-order valence-electron chi connectivity index (χ1n) is 6.10. The Hall–Kier alpha value is -1.75. The highest BCUT2D eigenvalue weighted by Crippen LogP contribution is 2.13. The molecule has 0 aliphatic heterocycles. The number of hydrogen-bond donors (Lipinski definition) is 1. The zero-order valence-electron chi connectivity index (χ0n) is 11.2. The summed E-state index contributed by atoms with van der Waals surface area (Å²) >= 11 is 5.79. The second-order valence-electron chi connectivity index (χ2n) is 4.82. The van der Waals surface area contributed by atoms with Crippen molar-refractivity contribution in [2.75, 3.05) is 7.05 Å². The topological polar surface area (TPSA) is 53.9 Å². The average molecular weight is 281 g/mol. The Morgan fingerprint density at radius 1 is 1.58 bits per heavy atom. The molecule has 0 aliphatic carbocycles. The lowest BCUT2D eigenvalue weighted by Crippen LogP contribution is -2.26. The van der Waals surface area contributed by atoms with Crippen molar-refractivity contribution < 1.29 is 4.79 Å². The van der Waals surface area contributed by atoms with Gasteiger partial charge in [-0.2, -0.15) is 5.10 Å². The normalized spacial score (nSPS) is 11.0. The van der Waals surface area contributed by atoms with Crippen LogP contribution in [0.15, 0.2) is 24.7 Å². The van der Waals surface area contributed by atoms with Crippen LogP contribution in [0.4, 0.5) is 0 Å². The Labute approximate surface area is 117 Å². The molecule has 0 aromatic carbocycles. The Kier molecular flexibility index (Phi) is 3.95. The van der Waals surface area contributed by atoms with E-state index < -0.39 is 0 Å². The van der Waals surface area contributed by atoms with Crippen LogP contribution in [-0.2, 0) is 6.54 Å². The third-order valence-corrected chi connectivity index (χ3v) is 3.05. The standard InChI is InChI=1S/C13H17ClN4O/c1-9(2)18-8-10(5-16-18)7-17(3)13(19)12-4-11(14)6-15-12/h4-6,8-9,15H,7H2,1-3H3. The molecule has 0 aliphatic rings. The molecule has 0 saturated carbocycles. The molecule has 0 spiro atoms. The van der Waals surface area contributed by atoms with Crippen molar-refractivity contribution in [3.63, 3.8) is 0 Å². The molecular formula is C13H17ClN4O. The largest absolute Gasteiger partial charge is 0.356 e. The number of aromatic amines is 1. The van der Waals surface area contributed by atoms with Gasteiger partial charge in [-0.1, -0.05) is 11.6 Å². The highest BCUT2D eigenvalue weighted by Gasteiger charge is 2.14.